The third-order valence-electron chi connectivity index (χ3n) is 4.05. The van der Waals surface area contributed by atoms with Gasteiger partial charge in [-0.15, -0.1) is 0 Å². The normalized spacial score (nSPS) is 30.2. The number of aromatic nitrogens is 3. The summed E-state index contributed by atoms with van der Waals surface area (Å²) >= 11 is 0. The van der Waals surface area contributed by atoms with E-state index in [1.165, 1.54) is 19.3 Å². The third-order valence-corrected chi connectivity index (χ3v) is 4.05. The summed E-state index contributed by atoms with van der Waals surface area (Å²) in [5, 5.41) is 7.75. The second-order valence-electron chi connectivity index (χ2n) is 5.40. The van der Waals surface area contributed by atoms with Gasteiger partial charge in [-0.2, -0.15) is 5.10 Å². The van der Waals surface area contributed by atoms with Gasteiger partial charge in [-0.25, -0.2) is 9.67 Å². The lowest BCUT2D eigenvalue weighted by molar-refractivity contribution is 0.0923. The van der Waals surface area contributed by atoms with Gasteiger partial charge in [0.1, 0.15) is 12.2 Å². The Morgan fingerprint density at radius 3 is 3.17 bits per heavy atom. The Bertz CT molecular complexity index is 392. The molecule has 5 nitrogen and oxygen atoms in total. The zero-order valence-electron chi connectivity index (χ0n) is 11.0. The van der Waals surface area contributed by atoms with E-state index >= 15 is 0 Å². The molecule has 0 aliphatic carbocycles. The van der Waals surface area contributed by atoms with Crippen LogP contribution in [0.5, 0.6) is 0 Å². The van der Waals surface area contributed by atoms with Crippen LogP contribution in [0.25, 0.3) is 0 Å². The number of nitrogens with zero attached hydrogens (tertiary/aromatic N) is 3. The van der Waals surface area contributed by atoms with Gasteiger partial charge in [-0.3, -0.25) is 0 Å². The quantitative estimate of drug-likeness (QED) is 0.828. The molecule has 3 atom stereocenters. The predicted octanol–water partition coefficient (Wildman–Crippen LogP) is 1.35. The minimum Gasteiger partial charge on any atom is -0.375 e. The smallest absolute Gasteiger partial charge is 0.140 e. The first-order valence-corrected chi connectivity index (χ1v) is 7.09. The average molecular weight is 250 g/mol. The highest BCUT2D eigenvalue weighted by Crippen LogP contribution is 2.38. The second-order valence-corrected chi connectivity index (χ2v) is 5.40. The first-order chi connectivity index (χ1) is 8.86. The van der Waals surface area contributed by atoms with Crippen LogP contribution >= 0.6 is 0 Å². The van der Waals surface area contributed by atoms with E-state index in [0.717, 1.165) is 31.9 Å². The molecule has 2 aliphatic rings. The molecule has 100 valence electrons. The van der Waals surface area contributed by atoms with E-state index in [2.05, 4.69) is 22.3 Å². The highest BCUT2D eigenvalue weighted by Gasteiger charge is 2.40. The number of nitrogens with one attached hydrogen (secondary N) is 1. The molecule has 0 aromatic carbocycles. The highest BCUT2D eigenvalue weighted by molar-refractivity contribution is 4.91. The van der Waals surface area contributed by atoms with Crippen molar-refractivity contribution >= 4 is 0 Å². The van der Waals surface area contributed by atoms with Crippen LogP contribution in [-0.2, 0) is 17.8 Å². The van der Waals surface area contributed by atoms with Crippen LogP contribution in [0.15, 0.2) is 6.33 Å². The molecule has 2 bridgehead atoms. The van der Waals surface area contributed by atoms with Crippen LogP contribution in [0.4, 0.5) is 0 Å². The van der Waals surface area contributed by atoms with Crippen molar-refractivity contribution in [2.24, 2.45) is 5.92 Å². The Balaban J connectivity index is 1.45. The van der Waals surface area contributed by atoms with Gasteiger partial charge in [0, 0.05) is 19.0 Å². The lowest BCUT2D eigenvalue weighted by Gasteiger charge is -2.18. The van der Waals surface area contributed by atoms with Crippen molar-refractivity contribution in [1.82, 2.24) is 20.1 Å². The molecular weight excluding hydrogens is 228 g/mol. The first kappa shape index (κ1) is 12.1. The summed E-state index contributed by atoms with van der Waals surface area (Å²) in [5.41, 5.74) is 0. The predicted molar refractivity (Wildman–Crippen MR) is 68.0 cm³/mol. The molecule has 0 spiro atoms. The molecule has 3 heterocycles. The molecule has 5 heteroatoms. The molecular formula is C13H22N4O. The van der Waals surface area contributed by atoms with Crippen molar-refractivity contribution in [1.29, 1.82) is 0 Å². The van der Waals surface area contributed by atoms with Crippen molar-refractivity contribution in [2.75, 3.05) is 6.54 Å². The summed E-state index contributed by atoms with van der Waals surface area (Å²) < 4.78 is 7.85. The van der Waals surface area contributed by atoms with Crippen LogP contribution in [-0.4, -0.2) is 33.5 Å². The number of rotatable bonds is 6. The lowest BCUT2D eigenvalue weighted by Crippen LogP contribution is -2.30. The molecule has 0 saturated carbocycles. The number of aryl methyl sites for hydroxylation is 1. The van der Waals surface area contributed by atoms with E-state index < -0.39 is 0 Å². The SMILES string of the molecule is CCCn1ncnc1CNCC1CC2CCC1O2. The van der Waals surface area contributed by atoms with Crippen molar-refractivity contribution in [2.45, 2.75) is 57.9 Å². The zero-order chi connectivity index (χ0) is 12.4. The van der Waals surface area contributed by atoms with Gasteiger partial charge in [0.25, 0.3) is 0 Å². The minimum atomic E-state index is 0.510. The molecule has 0 amide bonds. The maximum Gasteiger partial charge on any atom is 0.140 e. The van der Waals surface area contributed by atoms with Crippen molar-refractivity contribution < 1.29 is 4.74 Å². The van der Waals surface area contributed by atoms with Gasteiger partial charge in [-0.05, 0) is 25.7 Å². The standard InChI is InChI=1S/C13H22N4O/c1-2-5-17-13(15-9-16-17)8-14-7-10-6-11-3-4-12(10)18-11/h9-12,14H,2-8H2,1H3. The van der Waals surface area contributed by atoms with E-state index in [1.54, 1.807) is 6.33 Å². The van der Waals surface area contributed by atoms with Crippen molar-refractivity contribution in [3.8, 4) is 0 Å². The molecule has 2 aliphatic heterocycles. The number of hydrogen-bond donors (Lipinski definition) is 1. The Labute approximate surface area is 108 Å². The topological polar surface area (TPSA) is 52.0 Å². The van der Waals surface area contributed by atoms with Crippen LogP contribution in [0, 0.1) is 5.92 Å². The van der Waals surface area contributed by atoms with Gasteiger partial charge in [0.05, 0.1) is 18.8 Å². The fraction of sp³-hybridized carbons (Fsp3) is 0.846. The fourth-order valence-electron chi connectivity index (χ4n) is 3.15. The Hall–Kier alpha value is -0.940. The monoisotopic (exact) mass is 250 g/mol. The van der Waals surface area contributed by atoms with Gasteiger partial charge in [0.15, 0.2) is 0 Å². The lowest BCUT2D eigenvalue weighted by atomic mass is 9.89. The number of ether oxygens (including phenoxy) is 1. The molecule has 2 saturated heterocycles. The molecule has 3 unspecified atom stereocenters. The van der Waals surface area contributed by atoms with Crippen LogP contribution < -0.4 is 5.32 Å². The summed E-state index contributed by atoms with van der Waals surface area (Å²) in [4.78, 5) is 4.30. The molecule has 1 aromatic heterocycles. The van der Waals surface area contributed by atoms with Gasteiger partial charge < -0.3 is 10.1 Å². The minimum absolute atomic E-state index is 0.510. The maximum absolute atomic E-state index is 5.86. The maximum atomic E-state index is 5.86. The molecule has 3 rings (SSSR count). The van der Waals surface area contributed by atoms with Crippen LogP contribution in [0.1, 0.15) is 38.4 Å². The first-order valence-electron chi connectivity index (χ1n) is 7.09. The van der Waals surface area contributed by atoms with Crippen molar-refractivity contribution in [3.05, 3.63) is 12.2 Å². The van der Waals surface area contributed by atoms with Crippen molar-refractivity contribution in [3.63, 3.8) is 0 Å². The number of hydrogen-bond acceptors (Lipinski definition) is 4. The van der Waals surface area contributed by atoms with Gasteiger partial charge >= 0.3 is 0 Å². The number of fused-ring (bicyclic) bond motifs is 2. The van der Waals surface area contributed by atoms with E-state index in [0.29, 0.717) is 18.1 Å². The largest absolute Gasteiger partial charge is 0.375 e. The van der Waals surface area contributed by atoms with Crippen LogP contribution in [0.3, 0.4) is 0 Å². The molecule has 2 fully saturated rings. The van der Waals surface area contributed by atoms with E-state index in [1.807, 2.05) is 4.68 Å². The summed E-state index contributed by atoms with van der Waals surface area (Å²) in [6.07, 6.45) is 7.56. The summed E-state index contributed by atoms with van der Waals surface area (Å²) in [5.74, 6) is 1.74. The van der Waals surface area contributed by atoms with Crippen LogP contribution in [0.2, 0.25) is 0 Å². The summed E-state index contributed by atoms with van der Waals surface area (Å²) in [6, 6.07) is 0. The van der Waals surface area contributed by atoms with E-state index in [9.17, 15) is 0 Å². The third kappa shape index (κ3) is 2.42. The zero-order valence-corrected chi connectivity index (χ0v) is 11.0. The average Bonchev–Trinajstić information content (AvgIpc) is 3.06. The highest BCUT2D eigenvalue weighted by atomic mass is 16.5. The van der Waals surface area contributed by atoms with Gasteiger partial charge in [0.2, 0.25) is 0 Å². The van der Waals surface area contributed by atoms with E-state index in [-0.39, 0.29) is 0 Å². The second kappa shape index (κ2) is 5.36. The Kier molecular flexibility index (Phi) is 3.61. The van der Waals surface area contributed by atoms with Gasteiger partial charge in [-0.1, -0.05) is 6.92 Å². The fourth-order valence-corrected chi connectivity index (χ4v) is 3.15. The molecule has 18 heavy (non-hydrogen) atoms. The molecule has 1 N–H and O–H groups in total. The molecule has 0 radical (unpaired) electrons. The Morgan fingerprint density at radius 2 is 2.44 bits per heavy atom. The Morgan fingerprint density at radius 1 is 1.50 bits per heavy atom. The molecule has 1 aromatic rings. The summed E-state index contributed by atoms with van der Waals surface area (Å²) in [6.45, 7) is 4.97. The summed E-state index contributed by atoms with van der Waals surface area (Å²) in [7, 11) is 0. The van der Waals surface area contributed by atoms with E-state index in [4.69, 9.17) is 4.74 Å².